The summed E-state index contributed by atoms with van der Waals surface area (Å²) >= 11 is 0. The molecule has 2 aliphatic rings. The summed E-state index contributed by atoms with van der Waals surface area (Å²) in [5, 5.41) is 6.85. The molecule has 2 atom stereocenters. The first-order chi connectivity index (χ1) is 15.2. The first-order valence-electron chi connectivity index (χ1n) is 10.1. The maximum absolute atomic E-state index is 13.8. The van der Waals surface area contributed by atoms with Gasteiger partial charge in [-0.3, -0.25) is 4.79 Å². The highest BCUT2D eigenvalue weighted by atomic mass is 19.1. The van der Waals surface area contributed by atoms with Gasteiger partial charge in [0, 0.05) is 12.0 Å². The number of rotatable bonds is 2. The van der Waals surface area contributed by atoms with Crippen LogP contribution in [0, 0.1) is 5.82 Å². The van der Waals surface area contributed by atoms with E-state index in [1.165, 1.54) is 24.5 Å². The van der Waals surface area contributed by atoms with Crippen LogP contribution in [0.2, 0.25) is 0 Å². The van der Waals surface area contributed by atoms with Gasteiger partial charge in [-0.2, -0.15) is 5.10 Å². The number of fused-ring (bicyclic) bond motifs is 4. The maximum atomic E-state index is 13.8. The highest BCUT2D eigenvalue weighted by Gasteiger charge is 2.42. The fourth-order valence-corrected chi connectivity index (χ4v) is 4.33. The van der Waals surface area contributed by atoms with E-state index in [9.17, 15) is 9.18 Å². The van der Waals surface area contributed by atoms with Gasteiger partial charge in [-0.25, -0.2) is 9.40 Å². The molecule has 6 heteroatoms. The molecule has 3 heterocycles. The fraction of sp³-hybridized carbons (Fsp3) is 0.120. The third kappa shape index (κ3) is 2.83. The predicted molar refractivity (Wildman–Crippen MR) is 114 cm³/mol. The number of hydrogen-bond donors (Lipinski definition) is 0. The topological polar surface area (TPSA) is 55.0 Å². The van der Waals surface area contributed by atoms with Crippen molar-refractivity contribution in [3.05, 3.63) is 112 Å². The van der Waals surface area contributed by atoms with Gasteiger partial charge in [0.2, 0.25) is 11.7 Å². The minimum atomic E-state index is -0.773. The van der Waals surface area contributed by atoms with Gasteiger partial charge < -0.3 is 9.15 Å². The maximum Gasteiger partial charge on any atom is 0.220 e. The fourth-order valence-electron chi connectivity index (χ4n) is 4.33. The minimum absolute atomic E-state index is 0.0761. The van der Waals surface area contributed by atoms with Gasteiger partial charge in [0.05, 0.1) is 22.7 Å². The summed E-state index contributed by atoms with van der Waals surface area (Å²) < 4.78 is 25.7. The molecule has 0 spiro atoms. The lowest BCUT2D eigenvalue weighted by atomic mass is 9.96. The average Bonchev–Trinajstić information content (AvgIpc) is 3.26. The second-order valence-corrected chi connectivity index (χ2v) is 7.68. The molecule has 0 saturated carbocycles. The summed E-state index contributed by atoms with van der Waals surface area (Å²) in [5.74, 6) is 0.215. The highest BCUT2D eigenvalue weighted by Crippen LogP contribution is 2.47. The summed E-state index contributed by atoms with van der Waals surface area (Å²) in [6.07, 6.45) is 1.31. The smallest absolute Gasteiger partial charge is 0.220 e. The van der Waals surface area contributed by atoms with Crippen LogP contribution in [0.3, 0.4) is 0 Å². The Morgan fingerprint density at radius 2 is 1.77 bits per heavy atom. The molecule has 0 radical (unpaired) electrons. The van der Waals surface area contributed by atoms with Crippen LogP contribution >= 0.6 is 0 Å². The largest absolute Gasteiger partial charge is 0.464 e. The van der Waals surface area contributed by atoms with Gasteiger partial charge in [0.15, 0.2) is 0 Å². The van der Waals surface area contributed by atoms with Crippen molar-refractivity contribution in [3.63, 3.8) is 0 Å². The molecule has 0 saturated heterocycles. The molecule has 0 N–H and O–H groups in total. The van der Waals surface area contributed by atoms with Crippen LogP contribution in [0.25, 0.3) is 11.0 Å². The first kappa shape index (κ1) is 17.9. The zero-order valence-corrected chi connectivity index (χ0v) is 16.4. The normalized spacial score (nSPS) is 19.5. The van der Waals surface area contributed by atoms with Crippen LogP contribution in [0.5, 0.6) is 5.75 Å². The number of benzene rings is 3. The van der Waals surface area contributed by atoms with Crippen LogP contribution in [-0.4, -0.2) is 10.7 Å². The van der Waals surface area contributed by atoms with Crippen molar-refractivity contribution in [3.8, 4) is 5.75 Å². The van der Waals surface area contributed by atoms with Crippen LogP contribution in [0.15, 0.2) is 93.4 Å². The van der Waals surface area contributed by atoms with Crippen molar-refractivity contribution in [2.75, 3.05) is 0 Å². The number of ether oxygens (including phenoxy) is 1. The third-order valence-corrected chi connectivity index (χ3v) is 5.83. The predicted octanol–water partition coefficient (Wildman–Crippen LogP) is 5.17. The molecular weight excluding hydrogens is 395 g/mol. The Morgan fingerprint density at radius 3 is 2.65 bits per heavy atom. The molecule has 2 aliphatic heterocycles. The lowest BCUT2D eigenvalue weighted by Crippen LogP contribution is -2.36. The Labute approximate surface area is 177 Å². The van der Waals surface area contributed by atoms with Crippen LogP contribution in [-0.2, 0) is 0 Å². The van der Waals surface area contributed by atoms with Crippen molar-refractivity contribution in [1.82, 2.24) is 5.01 Å². The molecule has 0 bridgehead atoms. The number of nitrogens with zero attached hydrogens (tertiary/aromatic N) is 2. The lowest BCUT2D eigenvalue weighted by Gasteiger charge is -2.37. The Kier molecular flexibility index (Phi) is 3.93. The van der Waals surface area contributed by atoms with Crippen LogP contribution in [0.4, 0.5) is 4.39 Å². The zero-order chi connectivity index (χ0) is 20.9. The third-order valence-electron chi connectivity index (χ3n) is 5.83. The van der Waals surface area contributed by atoms with Gasteiger partial charge in [-0.1, -0.05) is 48.5 Å². The van der Waals surface area contributed by atoms with E-state index in [4.69, 9.17) is 14.3 Å². The summed E-state index contributed by atoms with van der Waals surface area (Å²) in [5.41, 5.74) is 3.26. The molecule has 152 valence electrons. The number of para-hydroxylation sites is 1. The Bertz CT molecular complexity index is 1400. The standard InChI is InChI=1S/C25H17FN2O3/c26-16-10-11-22-18(12-16)24(29)19(14-30-22)25-28-21(17-8-4-5-9-23(17)31-25)13-20(27-28)15-6-2-1-3-7-15/h1-12,14,21,25H,13H2. The van der Waals surface area contributed by atoms with Crippen molar-refractivity contribution in [2.24, 2.45) is 5.10 Å². The SMILES string of the molecule is O=c1c(C2Oc3ccccc3C3CC(c4ccccc4)=NN32)coc2ccc(F)cc12. The lowest BCUT2D eigenvalue weighted by molar-refractivity contribution is -0.0205. The van der Waals surface area contributed by atoms with Gasteiger partial charge in [-0.15, -0.1) is 0 Å². The Morgan fingerprint density at radius 1 is 0.968 bits per heavy atom. The van der Waals surface area contributed by atoms with Crippen molar-refractivity contribution in [2.45, 2.75) is 18.7 Å². The quantitative estimate of drug-likeness (QED) is 0.456. The van der Waals surface area contributed by atoms with Crippen molar-refractivity contribution >= 4 is 16.7 Å². The van der Waals surface area contributed by atoms with Gasteiger partial charge in [0.1, 0.15) is 23.4 Å². The number of halogens is 1. The van der Waals surface area contributed by atoms with Gasteiger partial charge in [0.25, 0.3) is 0 Å². The Balaban J connectivity index is 1.52. The molecule has 0 amide bonds. The van der Waals surface area contributed by atoms with Gasteiger partial charge in [-0.05, 0) is 29.8 Å². The molecule has 6 rings (SSSR count). The molecule has 5 nitrogen and oxygen atoms in total. The second-order valence-electron chi connectivity index (χ2n) is 7.68. The molecular formula is C25H17FN2O3. The number of hydrogen-bond acceptors (Lipinski definition) is 5. The van der Waals surface area contributed by atoms with E-state index >= 15 is 0 Å². The van der Waals surface area contributed by atoms with E-state index in [1.54, 1.807) is 0 Å². The van der Waals surface area contributed by atoms with Crippen LogP contribution in [0.1, 0.15) is 35.4 Å². The number of hydrazone groups is 1. The minimum Gasteiger partial charge on any atom is -0.464 e. The van der Waals surface area contributed by atoms with E-state index in [2.05, 4.69) is 0 Å². The van der Waals surface area contributed by atoms with E-state index < -0.39 is 12.0 Å². The summed E-state index contributed by atoms with van der Waals surface area (Å²) in [7, 11) is 0. The summed E-state index contributed by atoms with van der Waals surface area (Å²) in [6.45, 7) is 0. The summed E-state index contributed by atoms with van der Waals surface area (Å²) in [4.78, 5) is 13.3. The molecule has 4 aromatic rings. The van der Waals surface area contributed by atoms with E-state index in [-0.39, 0.29) is 22.4 Å². The Hall–Kier alpha value is -3.93. The molecule has 0 fully saturated rings. The van der Waals surface area contributed by atoms with Gasteiger partial charge >= 0.3 is 0 Å². The van der Waals surface area contributed by atoms with Crippen LogP contribution < -0.4 is 10.2 Å². The van der Waals surface area contributed by atoms with Crippen molar-refractivity contribution in [1.29, 1.82) is 0 Å². The highest BCUT2D eigenvalue weighted by molar-refractivity contribution is 6.01. The molecule has 2 unspecified atom stereocenters. The molecule has 31 heavy (non-hydrogen) atoms. The van der Waals surface area contributed by atoms with E-state index in [0.717, 1.165) is 16.8 Å². The zero-order valence-electron chi connectivity index (χ0n) is 16.4. The molecule has 0 aliphatic carbocycles. The molecule has 1 aromatic heterocycles. The van der Waals surface area contributed by atoms with E-state index in [0.29, 0.717) is 17.8 Å². The van der Waals surface area contributed by atoms with E-state index in [1.807, 2.05) is 59.6 Å². The van der Waals surface area contributed by atoms with Crippen molar-refractivity contribution < 1.29 is 13.5 Å². The average molecular weight is 412 g/mol. The first-order valence-corrected chi connectivity index (χ1v) is 10.1. The monoisotopic (exact) mass is 412 g/mol. The molecule has 3 aromatic carbocycles. The second kappa shape index (κ2) is 6.80. The summed E-state index contributed by atoms with van der Waals surface area (Å²) in [6, 6.07) is 21.6.